The van der Waals surface area contributed by atoms with Crippen molar-refractivity contribution in [3.8, 4) is 0 Å². The van der Waals surface area contributed by atoms with E-state index in [0.717, 1.165) is 21.3 Å². The van der Waals surface area contributed by atoms with Crippen molar-refractivity contribution in [2.45, 2.75) is 31.3 Å². The number of nitrogens with one attached hydrogen (secondary N) is 1. The lowest BCUT2D eigenvalue weighted by Crippen LogP contribution is -2.68. The van der Waals surface area contributed by atoms with Crippen molar-refractivity contribution >= 4 is 39.3 Å². The highest BCUT2D eigenvalue weighted by molar-refractivity contribution is 9.10. The summed E-state index contributed by atoms with van der Waals surface area (Å²) >= 11 is 3.55. The van der Waals surface area contributed by atoms with Gasteiger partial charge in [-0.25, -0.2) is 0 Å². The summed E-state index contributed by atoms with van der Waals surface area (Å²) in [6.45, 7) is 4.84. The third-order valence-electron chi connectivity index (χ3n) is 5.79. The van der Waals surface area contributed by atoms with Crippen LogP contribution in [0.1, 0.15) is 31.4 Å². The number of nitro benzene ring substituents is 1. The van der Waals surface area contributed by atoms with Gasteiger partial charge < -0.3 is 10.2 Å². The molecule has 2 aromatic rings. The molecular formula is C21H20BrN3O3. The van der Waals surface area contributed by atoms with E-state index in [0.29, 0.717) is 13.0 Å². The van der Waals surface area contributed by atoms with E-state index in [1.54, 1.807) is 6.07 Å². The Bertz CT molecular complexity index is 1020. The Morgan fingerprint density at radius 3 is 2.79 bits per heavy atom. The Balaban J connectivity index is 1.83. The van der Waals surface area contributed by atoms with Crippen LogP contribution >= 0.6 is 15.9 Å². The second kappa shape index (κ2) is 6.44. The molecule has 0 bridgehead atoms. The summed E-state index contributed by atoms with van der Waals surface area (Å²) in [5.41, 5.74) is 1.86. The third-order valence-corrected chi connectivity index (χ3v) is 6.29. The highest BCUT2D eigenvalue weighted by atomic mass is 79.9. The molecule has 0 radical (unpaired) electrons. The molecule has 1 fully saturated rings. The quantitative estimate of drug-likeness (QED) is 0.566. The normalized spacial score (nSPS) is 22.7. The number of nitrogens with zero attached hydrogens (tertiary/aromatic N) is 2. The molecule has 6 nitrogen and oxygen atoms in total. The van der Waals surface area contributed by atoms with Crippen molar-refractivity contribution in [3.63, 3.8) is 0 Å². The molecule has 28 heavy (non-hydrogen) atoms. The molecule has 144 valence electrons. The average molecular weight is 442 g/mol. The summed E-state index contributed by atoms with van der Waals surface area (Å²) < 4.78 is 0.989. The maximum absolute atomic E-state index is 12.4. The first kappa shape index (κ1) is 18.7. The minimum absolute atomic E-state index is 0.000103. The van der Waals surface area contributed by atoms with Gasteiger partial charge in [0, 0.05) is 40.7 Å². The van der Waals surface area contributed by atoms with Gasteiger partial charge in [-0.15, -0.1) is 0 Å². The Morgan fingerprint density at radius 1 is 1.25 bits per heavy atom. The van der Waals surface area contributed by atoms with Crippen LogP contribution in [0.2, 0.25) is 0 Å². The number of rotatable bonds is 3. The molecule has 0 unspecified atom stereocenters. The molecule has 2 aromatic carbocycles. The number of non-ortho nitro benzene ring substituents is 1. The van der Waals surface area contributed by atoms with Crippen LogP contribution in [0.5, 0.6) is 0 Å². The average Bonchev–Trinajstić information content (AvgIpc) is 2.84. The molecule has 1 saturated heterocycles. The molecule has 2 heterocycles. The number of carbonyl (C=O) groups is 1. The SMILES string of the molecule is CC1(C)c2cc(Br)ccc2N2CCC(=O)N[C@]21/C=C/c1cccc([N+](=O)[O-])c1. The van der Waals surface area contributed by atoms with Gasteiger partial charge in [0.05, 0.1) is 4.92 Å². The van der Waals surface area contributed by atoms with Crippen LogP contribution in [0.4, 0.5) is 11.4 Å². The van der Waals surface area contributed by atoms with E-state index in [9.17, 15) is 14.9 Å². The number of fused-ring (bicyclic) bond motifs is 3. The van der Waals surface area contributed by atoms with Gasteiger partial charge in [-0.2, -0.15) is 0 Å². The standard InChI is InChI=1S/C21H20BrN3O3/c1-20(2)17-13-15(22)6-7-18(17)24-11-9-19(26)23-21(20,24)10-8-14-4-3-5-16(12-14)25(27)28/h3-8,10,12-13H,9,11H2,1-2H3,(H,23,26)/b10-8+/t21-/m1/s1. The molecule has 7 heteroatoms. The van der Waals surface area contributed by atoms with Crippen molar-refractivity contribution < 1.29 is 9.72 Å². The van der Waals surface area contributed by atoms with Crippen molar-refractivity contribution in [2.75, 3.05) is 11.4 Å². The van der Waals surface area contributed by atoms with Gasteiger partial charge >= 0.3 is 0 Å². The van der Waals surface area contributed by atoms with E-state index in [1.165, 1.54) is 12.1 Å². The largest absolute Gasteiger partial charge is 0.344 e. The molecule has 4 rings (SSSR count). The lowest BCUT2D eigenvalue weighted by atomic mass is 9.74. The number of halogens is 1. The van der Waals surface area contributed by atoms with Crippen LogP contribution < -0.4 is 10.2 Å². The molecule has 0 aliphatic carbocycles. The van der Waals surface area contributed by atoms with Gasteiger partial charge in [-0.1, -0.05) is 48.0 Å². The monoisotopic (exact) mass is 441 g/mol. The Hall–Kier alpha value is -2.67. The first-order valence-corrected chi connectivity index (χ1v) is 9.86. The third kappa shape index (κ3) is 2.73. The zero-order chi connectivity index (χ0) is 20.1. The number of amides is 1. The van der Waals surface area contributed by atoms with E-state index < -0.39 is 16.0 Å². The number of anilines is 1. The highest BCUT2D eigenvalue weighted by Crippen LogP contribution is 2.53. The minimum atomic E-state index is -0.740. The van der Waals surface area contributed by atoms with E-state index in [1.807, 2.05) is 24.3 Å². The molecule has 0 aromatic heterocycles. The molecule has 1 N–H and O–H groups in total. The maximum atomic E-state index is 12.4. The van der Waals surface area contributed by atoms with Gasteiger partial charge in [-0.05, 0) is 35.4 Å². The number of benzene rings is 2. The fraction of sp³-hybridized carbons (Fsp3) is 0.286. The highest BCUT2D eigenvalue weighted by Gasteiger charge is 2.57. The fourth-order valence-corrected chi connectivity index (χ4v) is 4.65. The number of hydrogen-bond donors (Lipinski definition) is 1. The van der Waals surface area contributed by atoms with Crippen molar-refractivity contribution in [1.82, 2.24) is 5.32 Å². The van der Waals surface area contributed by atoms with Crippen LogP contribution in [0.15, 0.2) is 53.0 Å². The van der Waals surface area contributed by atoms with Gasteiger partial charge in [0.1, 0.15) is 5.66 Å². The number of carbonyl (C=O) groups excluding carboxylic acids is 1. The Kier molecular flexibility index (Phi) is 4.30. The summed E-state index contributed by atoms with van der Waals surface area (Å²) in [5.74, 6) is -0.000103. The molecule has 2 aliphatic rings. The van der Waals surface area contributed by atoms with Crippen LogP contribution in [0, 0.1) is 10.1 Å². The zero-order valence-electron chi connectivity index (χ0n) is 15.6. The zero-order valence-corrected chi connectivity index (χ0v) is 17.2. The first-order chi connectivity index (χ1) is 13.2. The van der Waals surface area contributed by atoms with Crippen LogP contribution in [-0.2, 0) is 10.2 Å². The minimum Gasteiger partial charge on any atom is -0.344 e. The summed E-state index contributed by atoms with van der Waals surface area (Å²) in [6, 6.07) is 12.7. The molecule has 1 amide bonds. The fourth-order valence-electron chi connectivity index (χ4n) is 4.28. The number of nitro groups is 1. The first-order valence-electron chi connectivity index (χ1n) is 9.07. The lowest BCUT2D eigenvalue weighted by molar-refractivity contribution is -0.384. The second-order valence-electron chi connectivity index (χ2n) is 7.69. The van der Waals surface area contributed by atoms with E-state index in [-0.39, 0.29) is 11.6 Å². The van der Waals surface area contributed by atoms with Crippen LogP contribution in [0.3, 0.4) is 0 Å². The van der Waals surface area contributed by atoms with Crippen LogP contribution in [0.25, 0.3) is 6.08 Å². The summed E-state index contributed by atoms with van der Waals surface area (Å²) in [7, 11) is 0. The van der Waals surface area contributed by atoms with Crippen molar-refractivity contribution in [1.29, 1.82) is 0 Å². The van der Waals surface area contributed by atoms with Crippen molar-refractivity contribution in [3.05, 3.63) is 74.3 Å². The maximum Gasteiger partial charge on any atom is 0.270 e. The molecule has 1 atom stereocenters. The molecule has 0 spiro atoms. The smallest absolute Gasteiger partial charge is 0.270 e. The second-order valence-corrected chi connectivity index (χ2v) is 8.60. The van der Waals surface area contributed by atoms with E-state index in [4.69, 9.17) is 0 Å². The van der Waals surface area contributed by atoms with Gasteiger partial charge in [0.15, 0.2) is 0 Å². The predicted octanol–water partition coefficient (Wildman–Crippen LogP) is 4.38. The topological polar surface area (TPSA) is 75.5 Å². The number of hydrogen-bond acceptors (Lipinski definition) is 4. The Labute approximate surface area is 171 Å². The van der Waals surface area contributed by atoms with Gasteiger partial charge in [0.2, 0.25) is 5.91 Å². The molecular weight excluding hydrogens is 422 g/mol. The molecule has 0 saturated carbocycles. The van der Waals surface area contributed by atoms with E-state index >= 15 is 0 Å². The Morgan fingerprint density at radius 2 is 2.04 bits per heavy atom. The van der Waals surface area contributed by atoms with Gasteiger partial charge in [0.25, 0.3) is 5.69 Å². The van der Waals surface area contributed by atoms with Crippen molar-refractivity contribution in [2.24, 2.45) is 0 Å². The summed E-state index contributed by atoms with van der Waals surface area (Å²) in [5, 5.41) is 14.3. The summed E-state index contributed by atoms with van der Waals surface area (Å²) in [4.78, 5) is 25.3. The lowest BCUT2D eigenvalue weighted by Gasteiger charge is -2.49. The predicted molar refractivity (Wildman–Crippen MR) is 112 cm³/mol. The van der Waals surface area contributed by atoms with Gasteiger partial charge in [-0.3, -0.25) is 14.9 Å². The summed E-state index contributed by atoms with van der Waals surface area (Å²) in [6.07, 6.45) is 4.25. The van der Waals surface area contributed by atoms with Crippen LogP contribution in [-0.4, -0.2) is 23.0 Å². The van der Waals surface area contributed by atoms with E-state index in [2.05, 4.69) is 52.1 Å². The molecule has 2 aliphatic heterocycles.